The molecule has 0 atom stereocenters. The maximum Gasteiger partial charge on any atom is 0.272 e. The maximum absolute atomic E-state index is 5.68. The first-order valence-electron chi connectivity index (χ1n) is 6.91. The molecule has 0 spiro atoms. The Morgan fingerprint density at radius 1 is 0.636 bits per heavy atom. The first-order chi connectivity index (χ1) is 10.8. The summed E-state index contributed by atoms with van der Waals surface area (Å²) in [6.07, 6.45) is 13.4. The molecule has 6 heteroatoms. The lowest BCUT2D eigenvalue weighted by Gasteiger charge is -2.58. The fraction of sp³-hybridized carbons (Fsp3) is 0.625. The third kappa shape index (κ3) is 2.60. The highest BCUT2D eigenvalue weighted by molar-refractivity contribution is 5.09. The molecule has 116 valence electrons. The Kier molecular flexibility index (Phi) is 4.66. The van der Waals surface area contributed by atoms with Crippen LogP contribution in [0.1, 0.15) is 0 Å². The van der Waals surface area contributed by atoms with Gasteiger partial charge in [0.15, 0.2) is 0 Å². The minimum absolute atomic E-state index is 0.129. The fourth-order valence-electron chi connectivity index (χ4n) is 3.07. The van der Waals surface area contributed by atoms with E-state index < -0.39 is 24.8 Å². The molecule has 3 saturated heterocycles. The van der Waals surface area contributed by atoms with Gasteiger partial charge in [0, 0.05) is 0 Å². The van der Waals surface area contributed by atoms with Crippen LogP contribution in [0, 0.1) is 37.0 Å². The largest absolute Gasteiger partial charge is 0.360 e. The van der Waals surface area contributed by atoms with Crippen LogP contribution in [-0.4, -0.2) is 62.9 Å². The predicted molar refractivity (Wildman–Crippen MR) is 74.1 cm³/mol. The Morgan fingerprint density at radius 3 is 1.23 bits per heavy atom. The van der Waals surface area contributed by atoms with Crippen LogP contribution in [0.25, 0.3) is 0 Å². The molecule has 4 rings (SSSR count). The van der Waals surface area contributed by atoms with Crippen LogP contribution in [0.15, 0.2) is 0 Å². The van der Waals surface area contributed by atoms with Gasteiger partial charge in [0.2, 0.25) is 0 Å². The molecular formula is C16H16O6. The first-order valence-corrected chi connectivity index (χ1v) is 6.91. The van der Waals surface area contributed by atoms with Gasteiger partial charge in [-0.05, 0) is 0 Å². The molecule has 0 aromatic carbocycles. The highest BCUT2D eigenvalue weighted by Crippen LogP contribution is 2.43. The lowest BCUT2D eigenvalue weighted by molar-refractivity contribution is -0.486. The number of rotatable bonds is 6. The zero-order valence-corrected chi connectivity index (χ0v) is 11.8. The van der Waals surface area contributed by atoms with E-state index in [2.05, 4.69) is 17.8 Å². The van der Waals surface area contributed by atoms with Crippen molar-refractivity contribution in [2.45, 2.75) is 43.1 Å². The van der Waals surface area contributed by atoms with Gasteiger partial charge in [-0.1, -0.05) is 17.8 Å². The van der Waals surface area contributed by atoms with Crippen molar-refractivity contribution in [2.24, 2.45) is 0 Å². The Labute approximate surface area is 129 Å². The molecule has 0 amide bonds. The summed E-state index contributed by atoms with van der Waals surface area (Å²) >= 11 is 0. The summed E-state index contributed by atoms with van der Waals surface area (Å²) in [5.41, 5.74) is 0. The second-order valence-electron chi connectivity index (χ2n) is 5.03. The second-order valence-corrected chi connectivity index (χ2v) is 5.03. The van der Waals surface area contributed by atoms with Gasteiger partial charge < -0.3 is 28.4 Å². The summed E-state index contributed by atoms with van der Waals surface area (Å²) in [6.45, 7) is -0.374. The van der Waals surface area contributed by atoms with Crippen LogP contribution in [0.5, 0.6) is 0 Å². The van der Waals surface area contributed by atoms with Gasteiger partial charge in [0.25, 0.3) is 6.48 Å². The molecule has 0 radical (unpaired) electrons. The van der Waals surface area contributed by atoms with Crippen LogP contribution in [0.3, 0.4) is 0 Å². The molecule has 0 aromatic heterocycles. The molecule has 4 aliphatic rings. The van der Waals surface area contributed by atoms with E-state index >= 15 is 0 Å². The Bertz CT molecular complexity index is 438. The van der Waals surface area contributed by atoms with Crippen LogP contribution in [0.4, 0.5) is 0 Å². The van der Waals surface area contributed by atoms with Gasteiger partial charge in [-0.3, -0.25) is 0 Å². The van der Waals surface area contributed by atoms with Crippen molar-refractivity contribution in [3.05, 3.63) is 0 Å². The van der Waals surface area contributed by atoms with Gasteiger partial charge in [0.1, 0.15) is 56.4 Å². The van der Waals surface area contributed by atoms with Crippen molar-refractivity contribution in [3.63, 3.8) is 0 Å². The molecule has 3 heterocycles. The SMILES string of the molecule is C#CCOC1C2OC3OC1C(OCC#C)C(O3)C2OCC#C. The number of hydrogen-bond donors (Lipinski definition) is 0. The van der Waals surface area contributed by atoms with Crippen molar-refractivity contribution < 1.29 is 28.4 Å². The average molecular weight is 304 g/mol. The summed E-state index contributed by atoms with van der Waals surface area (Å²) in [5, 5.41) is 0. The molecule has 1 aliphatic carbocycles. The van der Waals surface area contributed by atoms with Crippen LogP contribution >= 0.6 is 0 Å². The minimum Gasteiger partial charge on any atom is -0.360 e. The van der Waals surface area contributed by atoms with Crippen LogP contribution in [0.2, 0.25) is 0 Å². The lowest BCUT2D eigenvalue weighted by Crippen LogP contribution is -2.76. The minimum atomic E-state index is -0.762. The topological polar surface area (TPSA) is 55.4 Å². The third-order valence-corrected chi connectivity index (χ3v) is 3.82. The highest BCUT2D eigenvalue weighted by atomic mass is 16.9. The summed E-state index contributed by atoms with van der Waals surface area (Å²) < 4.78 is 34.1. The second kappa shape index (κ2) is 6.69. The van der Waals surface area contributed by atoms with Crippen molar-refractivity contribution in [2.75, 3.05) is 19.8 Å². The summed E-state index contributed by atoms with van der Waals surface area (Å²) in [5.74, 6) is 7.30. The summed E-state index contributed by atoms with van der Waals surface area (Å²) in [4.78, 5) is 0. The normalized spacial score (nSPS) is 41.6. The maximum atomic E-state index is 5.68. The van der Waals surface area contributed by atoms with Gasteiger partial charge in [0.05, 0.1) is 0 Å². The van der Waals surface area contributed by atoms with E-state index in [1.807, 2.05) is 0 Å². The van der Waals surface area contributed by atoms with Gasteiger partial charge in [-0.15, -0.1) is 19.3 Å². The molecule has 0 aromatic rings. The third-order valence-electron chi connectivity index (χ3n) is 3.82. The van der Waals surface area contributed by atoms with E-state index in [0.29, 0.717) is 0 Å². The van der Waals surface area contributed by atoms with Gasteiger partial charge >= 0.3 is 0 Å². The van der Waals surface area contributed by atoms with Crippen molar-refractivity contribution in [1.82, 2.24) is 0 Å². The average Bonchev–Trinajstić information content (AvgIpc) is 2.53. The fourth-order valence-corrected chi connectivity index (χ4v) is 3.07. The predicted octanol–water partition coefficient (Wildman–Crippen LogP) is -0.478. The van der Waals surface area contributed by atoms with Crippen molar-refractivity contribution in [3.8, 4) is 37.0 Å². The van der Waals surface area contributed by atoms with E-state index in [0.717, 1.165) is 0 Å². The molecule has 4 fully saturated rings. The smallest absolute Gasteiger partial charge is 0.272 e. The molecule has 0 N–H and O–H groups in total. The highest BCUT2D eigenvalue weighted by Gasteiger charge is 2.63. The number of ether oxygens (including phenoxy) is 6. The first kappa shape index (κ1) is 15.3. The molecule has 4 bridgehead atoms. The van der Waals surface area contributed by atoms with Crippen LogP contribution in [-0.2, 0) is 28.4 Å². The monoisotopic (exact) mass is 304 g/mol. The summed E-state index contributed by atoms with van der Waals surface area (Å²) in [6, 6.07) is 0. The summed E-state index contributed by atoms with van der Waals surface area (Å²) in [7, 11) is 0. The molecular weight excluding hydrogens is 288 g/mol. The Morgan fingerprint density at radius 2 is 0.955 bits per heavy atom. The van der Waals surface area contributed by atoms with E-state index in [1.165, 1.54) is 0 Å². The van der Waals surface area contributed by atoms with E-state index in [-0.39, 0.29) is 38.1 Å². The van der Waals surface area contributed by atoms with E-state index in [1.54, 1.807) is 0 Å². The zero-order valence-electron chi connectivity index (χ0n) is 11.8. The number of hydrogen-bond acceptors (Lipinski definition) is 6. The van der Waals surface area contributed by atoms with Gasteiger partial charge in [-0.2, -0.15) is 0 Å². The molecule has 22 heavy (non-hydrogen) atoms. The number of terminal acetylenes is 3. The lowest BCUT2D eigenvalue weighted by atomic mass is 9.82. The van der Waals surface area contributed by atoms with E-state index in [4.69, 9.17) is 47.7 Å². The van der Waals surface area contributed by atoms with Gasteiger partial charge in [-0.25, -0.2) is 0 Å². The van der Waals surface area contributed by atoms with Crippen LogP contribution < -0.4 is 0 Å². The quantitative estimate of drug-likeness (QED) is 0.618. The molecule has 3 aliphatic heterocycles. The van der Waals surface area contributed by atoms with E-state index in [9.17, 15) is 0 Å². The van der Waals surface area contributed by atoms with Crippen molar-refractivity contribution in [1.29, 1.82) is 0 Å². The van der Waals surface area contributed by atoms with Crippen molar-refractivity contribution >= 4 is 0 Å². The molecule has 0 unspecified atom stereocenters. The molecule has 6 nitrogen and oxygen atoms in total. The Hall–Kier alpha value is -1.56. The Balaban J connectivity index is 1.82. The standard InChI is InChI=1S/C16H16O6/c1-4-7-17-10-13-11(18-8-5-2)15-12(19-9-6-3)14(10)21-16(20-13)22-15/h1-3,10-16H,7-9H2. The zero-order chi connectivity index (χ0) is 15.5. The molecule has 1 saturated carbocycles.